The fourth-order valence-electron chi connectivity index (χ4n) is 3.10. The fourth-order valence-corrected chi connectivity index (χ4v) is 4.11. The topological polar surface area (TPSA) is 101 Å². The summed E-state index contributed by atoms with van der Waals surface area (Å²) >= 11 is 18.5. The number of aromatic nitrogens is 2. The summed E-state index contributed by atoms with van der Waals surface area (Å²) in [4.78, 5) is 0. The van der Waals surface area contributed by atoms with Crippen LogP contribution in [0.4, 0.5) is 0 Å². The second kappa shape index (κ2) is 6.54. The van der Waals surface area contributed by atoms with E-state index in [1.165, 1.54) is 0 Å². The van der Waals surface area contributed by atoms with Crippen molar-refractivity contribution in [3.63, 3.8) is 0 Å². The highest BCUT2D eigenvalue weighted by molar-refractivity contribution is 6.41. The third-order valence-corrected chi connectivity index (χ3v) is 5.11. The summed E-state index contributed by atoms with van der Waals surface area (Å²) in [5.74, 6) is 0.676. The van der Waals surface area contributed by atoms with Crippen LogP contribution >= 0.6 is 34.8 Å². The highest BCUT2D eigenvalue weighted by Crippen LogP contribution is 2.45. The van der Waals surface area contributed by atoms with Crippen LogP contribution in [0.3, 0.4) is 0 Å². The number of ether oxygens (including phenoxy) is 1. The van der Waals surface area contributed by atoms with Gasteiger partial charge in [0.05, 0.1) is 27.1 Å². The Bertz CT molecular complexity index is 1120. The predicted molar refractivity (Wildman–Crippen MR) is 102 cm³/mol. The van der Waals surface area contributed by atoms with Crippen molar-refractivity contribution in [2.75, 3.05) is 0 Å². The molecule has 0 unspecified atom stereocenters. The maximum absolute atomic E-state index is 9.59. The second-order valence-corrected chi connectivity index (χ2v) is 7.19. The summed E-state index contributed by atoms with van der Waals surface area (Å²) in [6.07, 6.45) is 0. The monoisotopic (exact) mass is 420 g/mol. The Labute approximate surface area is 169 Å². The average molecular weight is 422 g/mol. The van der Waals surface area contributed by atoms with Crippen molar-refractivity contribution < 1.29 is 9.15 Å². The molecule has 3 aromatic rings. The third-order valence-electron chi connectivity index (χ3n) is 4.29. The lowest BCUT2D eigenvalue weighted by atomic mass is 9.88. The van der Waals surface area contributed by atoms with Crippen LogP contribution in [0.5, 0.6) is 5.88 Å². The molecule has 1 aromatic carbocycles. The number of hydrogen-bond donors (Lipinski definition) is 2. The van der Waals surface area contributed by atoms with Crippen molar-refractivity contribution in [1.82, 2.24) is 10.2 Å². The van der Waals surface area contributed by atoms with E-state index in [0.717, 1.165) is 5.69 Å². The number of nitriles is 1. The van der Waals surface area contributed by atoms with Crippen molar-refractivity contribution in [3.8, 4) is 23.3 Å². The van der Waals surface area contributed by atoms with E-state index in [9.17, 15) is 5.26 Å². The molecule has 0 amide bonds. The van der Waals surface area contributed by atoms with E-state index in [1.54, 1.807) is 24.3 Å². The van der Waals surface area contributed by atoms with Crippen molar-refractivity contribution in [2.45, 2.75) is 12.8 Å². The summed E-state index contributed by atoms with van der Waals surface area (Å²) in [6.45, 7) is 1.83. The molecule has 27 heavy (non-hydrogen) atoms. The lowest BCUT2D eigenvalue weighted by molar-refractivity contribution is 0.371. The number of aryl methyl sites for hydroxylation is 1. The minimum atomic E-state index is -0.559. The van der Waals surface area contributed by atoms with Gasteiger partial charge in [-0.25, -0.2) is 0 Å². The zero-order chi connectivity index (χ0) is 19.3. The molecule has 0 saturated carbocycles. The van der Waals surface area contributed by atoms with Gasteiger partial charge in [0.25, 0.3) is 0 Å². The Kier molecular flexibility index (Phi) is 4.31. The Balaban J connectivity index is 1.87. The lowest BCUT2D eigenvalue weighted by Crippen LogP contribution is -2.20. The largest absolute Gasteiger partial charge is 0.460 e. The lowest BCUT2D eigenvalue weighted by Gasteiger charge is -2.21. The second-order valence-electron chi connectivity index (χ2n) is 5.94. The van der Waals surface area contributed by atoms with Gasteiger partial charge >= 0.3 is 0 Å². The molecule has 0 fully saturated rings. The van der Waals surface area contributed by atoms with Gasteiger partial charge in [0.2, 0.25) is 11.8 Å². The number of rotatable bonds is 2. The minimum Gasteiger partial charge on any atom is -0.460 e. The van der Waals surface area contributed by atoms with E-state index < -0.39 is 5.92 Å². The molecule has 4 rings (SSSR count). The number of fused-ring (bicyclic) bond motifs is 1. The standard InChI is InChI=1S/C18H11Cl3N4O2/c1-7-14-15(9(6-22)17(23)27-18(14)25-24-7)12-2-3-13(26-12)16-10(20)4-8(19)5-11(16)21/h2-5,15H,23H2,1H3,(H,24,25)/t15-/m0/s1. The first-order chi connectivity index (χ1) is 12.9. The van der Waals surface area contributed by atoms with Crippen LogP contribution in [0.1, 0.15) is 22.9 Å². The normalized spacial score (nSPS) is 16.0. The number of nitrogens with zero attached hydrogens (tertiary/aromatic N) is 2. The molecule has 1 aliphatic heterocycles. The molecule has 1 aliphatic rings. The molecule has 136 valence electrons. The Morgan fingerprint density at radius 1 is 1.22 bits per heavy atom. The zero-order valence-corrected chi connectivity index (χ0v) is 16.1. The number of benzene rings is 1. The molecular formula is C18H11Cl3N4O2. The van der Waals surface area contributed by atoms with Crippen molar-refractivity contribution in [3.05, 3.63) is 67.8 Å². The van der Waals surface area contributed by atoms with Gasteiger partial charge in [0.1, 0.15) is 23.2 Å². The minimum absolute atomic E-state index is 0.0120. The first kappa shape index (κ1) is 17.8. The highest BCUT2D eigenvalue weighted by atomic mass is 35.5. The van der Waals surface area contributed by atoms with Gasteiger partial charge in [-0.05, 0) is 31.2 Å². The summed E-state index contributed by atoms with van der Waals surface area (Å²) in [7, 11) is 0. The van der Waals surface area contributed by atoms with Crippen molar-refractivity contribution in [1.29, 1.82) is 5.26 Å². The molecule has 3 heterocycles. The molecule has 0 saturated heterocycles. The molecule has 0 aliphatic carbocycles. The predicted octanol–water partition coefficient (Wildman–Crippen LogP) is 5.16. The maximum Gasteiger partial charge on any atom is 0.244 e. The van der Waals surface area contributed by atoms with E-state index in [0.29, 0.717) is 43.6 Å². The van der Waals surface area contributed by atoms with E-state index in [4.69, 9.17) is 49.7 Å². The molecule has 0 spiro atoms. The molecule has 0 radical (unpaired) electrons. The van der Waals surface area contributed by atoms with E-state index in [1.807, 2.05) is 6.92 Å². The molecule has 0 bridgehead atoms. The third kappa shape index (κ3) is 2.85. The summed E-state index contributed by atoms with van der Waals surface area (Å²) < 4.78 is 11.5. The summed E-state index contributed by atoms with van der Waals surface area (Å²) in [5, 5.41) is 17.7. The quantitative estimate of drug-likeness (QED) is 0.595. The average Bonchev–Trinajstić information content (AvgIpc) is 3.20. The van der Waals surface area contributed by atoms with Gasteiger partial charge in [-0.1, -0.05) is 34.8 Å². The van der Waals surface area contributed by atoms with Crippen LogP contribution in [0.2, 0.25) is 15.1 Å². The summed E-state index contributed by atoms with van der Waals surface area (Å²) in [6, 6.07) is 8.73. The fraction of sp³-hybridized carbons (Fsp3) is 0.111. The Morgan fingerprint density at radius 3 is 2.59 bits per heavy atom. The van der Waals surface area contributed by atoms with Gasteiger partial charge in [-0.3, -0.25) is 5.10 Å². The number of halogens is 3. The molecular weight excluding hydrogens is 411 g/mol. The number of allylic oxidation sites excluding steroid dienone is 1. The molecule has 2 aromatic heterocycles. The number of aromatic amines is 1. The number of hydrogen-bond acceptors (Lipinski definition) is 5. The first-order valence-corrected chi connectivity index (χ1v) is 8.91. The smallest absolute Gasteiger partial charge is 0.244 e. The van der Waals surface area contributed by atoms with Gasteiger partial charge < -0.3 is 14.9 Å². The number of H-pyrrole nitrogens is 1. The number of furan rings is 1. The van der Waals surface area contributed by atoms with Crippen molar-refractivity contribution in [2.24, 2.45) is 5.73 Å². The highest BCUT2D eigenvalue weighted by Gasteiger charge is 2.36. The molecule has 9 heteroatoms. The van der Waals surface area contributed by atoms with Gasteiger partial charge in [-0.15, -0.1) is 5.10 Å². The van der Waals surface area contributed by atoms with Gasteiger partial charge in [0, 0.05) is 10.7 Å². The zero-order valence-electron chi connectivity index (χ0n) is 13.8. The van der Waals surface area contributed by atoms with Crippen molar-refractivity contribution >= 4 is 34.8 Å². The van der Waals surface area contributed by atoms with Crippen LogP contribution in [0.15, 0.2) is 40.1 Å². The van der Waals surface area contributed by atoms with Gasteiger partial charge in [-0.2, -0.15) is 5.26 Å². The van der Waals surface area contributed by atoms with E-state index >= 15 is 0 Å². The van der Waals surface area contributed by atoms with E-state index in [2.05, 4.69) is 16.3 Å². The number of nitrogens with two attached hydrogens (primary N) is 1. The van der Waals surface area contributed by atoms with Gasteiger partial charge in [0.15, 0.2) is 0 Å². The molecule has 1 atom stereocenters. The molecule has 6 nitrogen and oxygen atoms in total. The van der Waals surface area contributed by atoms with Crippen LogP contribution in [0, 0.1) is 18.3 Å². The molecule has 3 N–H and O–H groups in total. The SMILES string of the molecule is Cc1[nH]nc2c1[C@H](c1ccc(-c3c(Cl)cc(Cl)cc3Cl)o1)C(C#N)=C(N)O2. The Hall–Kier alpha value is -2.59. The van der Waals surface area contributed by atoms with Crippen LogP contribution in [0.25, 0.3) is 11.3 Å². The first-order valence-electron chi connectivity index (χ1n) is 7.77. The Morgan fingerprint density at radius 2 is 1.93 bits per heavy atom. The number of nitrogens with one attached hydrogen (secondary N) is 1. The maximum atomic E-state index is 9.59. The van der Waals surface area contributed by atoms with Crippen LogP contribution in [-0.2, 0) is 0 Å². The van der Waals surface area contributed by atoms with E-state index in [-0.39, 0.29) is 11.5 Å². The summed E-state index contributed by atoms with van der Waals surface area (Å²) in [5.41, 5.74) is 8.09. The van der Waals surface area contributed by atoms with Crippen LogP contribution < -0.4 is 10.5 Å². The van der Waals surface area contributed by atoms with Crippen LogP contribution in [-0.4, -0.2) is 10.2 Å².